The number of allylic oxidation sites excluding steroid dienone is 1. The molecule has 0 bridgehead atoms. The second-order valence-corrected chi connectivity index (χ2v) is 6.88. The first-order chi connectivity index (χ1) is 13.8. The number of fused-ring (bicyclic) bond motifs is 1. The number of nitriles is 1. The molecule has 0 saturated carbocycles. The molecule has 0 spiro atoms. The Morgan fingerprint density at radius 2 is 1.90 bits per heavy atom. The molecule has 0 amide bonds. The highest BCUT2D eigenvalue weighted by atomic mass is 19.4. The van der Waals surface area contributed by atoms with Crippen molar-refractivity contribution in [2.75, 3.05) is 0 Å². The monoisotopic (exact) mass is 401 g/mol. The van der Waals surface area contributed by atoms with E-state index in [0.29, 0.717) is 12.8 Å². The van der Waals surface area contributed by atoms with Gasteiger partial charge < -0.3 is 9.47 Å². The third kappa shape index (κ3) is 4.92. The minimum absolute atomic E-state index is 0.264. The second kappa shape index (κ2) is 8.60. The number of alkyl halides is 3. The molecule has 1 heterocycles. The van der Waals surface area contributed by atoms with E-state index in [9.17, 15) is 18.4 Å². The minimum Gasteiger partial charge on any atom is -0.485 e. The van der Waals surface area contributed by atoms with E-state index in [0.717, 1.165) is 40.9 Å². The predicted octanol–water partition coefficient (Wildman–Crippen LogP) is 6.75. The summed E-state index contributed by atoms with van der Waals surface area (Å²) in [5.41, 5.74) is 5.10. The van der Waals surface area contributed by atoms with E-state index in [1.165, 1.54) is 17.7 Å². The van der Waals surface area contributed by atoms with Gasteiger partial charge in [-0.15, -0.1) is 13.2 Å². The lowest BCUT2D eigenvalue weighted by molar-refractivity contribution is -0.274. The second-order valence-electron chi connectivity index (χ2n) is 6.88. The molecule has 0 aliphatic carbocycles. The molecule has 0 fully saturated rings. The quantitative estimate of drug-likeness (QED) is 0.557. The zero-order chi connectivity index (χ0) is 21.0. The summed E-state index contributed by atoms with van der Waals surface area (Å²) in [7, 11) is 0. The first-order valence-electron chi connectivity index (χ1n) is 9.58. The molecule has 1 aliphatic rings. The Morgan fingerprint density at radius 1 is 1.17 bits per heavy atom. The Morgan fingerprint density at radius 3 is 2.48 bits per heavy atom. The first-order valence-corrected chi connectivity index (χ1v) is 9.58. The van der Waals surface area contributed by atoms with E-state index in [1.807, 2.05) is 19.1 Å². The summed E-state index contributed by atoms with van der Waals surface area (Å²) in [6.07, 6.45) is -2.52. The SMILES string of the molecule is CC/C(CC#N)=C1/CC(c2ccc(OC(F)(F)F)cc2)Oc2ccc(CC)cc21. The number of hydrogen-bond acceptors (Lipinski definition) is 3. The van der Waals surface area contributed by atoms with Crippen molar-refractivity contribution in [3.63, 3.8) is 0 Å². The minimum atomic E-state index is -4.72. The Kier molecular flexibility index (Phi) is 6.17. The zero-order valence-electron chi connectivity index (χ0n) is 16.3. The first kappa shape index (κ1) is 20.8. The molecule has 0 radical (unpaired) electrons. The van der Waals surface area contributed by atoms with Gasteiger partial charge in [0.25, 0.3) is 0 Å². The topological polar surface area (TPSA) is 42.2 Å². The van der Waals surface area contributed by atoms with Crippen molar-refractivity contribution in [1.29, 1.82) is 5.26 Å². The Bertz CT molecular complexity index is 940. The lowest BCUT2D eigenvalue weighted by Crippen LogP contribution is -2.18. The van der Waals surface area contributed by atoms with Gasteiger partial charge in [-0.2, -0.15) is 5.26 Å². The van der Waals surface area contributed by atoms with Crippen LogP contribution in [0.1, 0.15) is 55.9 Å². The molecule has 3 rings (SSSR count). The van der Waals surface area contributed by atoms with Crippen molar-refractivity contribution in [1.82, 2.24) is 0 Å². The van der Waals surface area contributed by atoms with E-state index in [-0.39, 0.29) is 11.9 Å². The van der Waals surface area contributed by atoms with Gasteiger partial charge in [0, 0.05) is 12.0 Å². The summed E-state index contributed by atoms with van der Waals surface area (Å²) in [5, 5.41) is 9.23. The maximum absolute atomic E-state index is 12.4. The number of hydrogen-bond donors (Lipinski definition) is 0. The van der Waals surface area contributed by atoms with Crippen LogP contribution in [0.5, 0.6) is 11.5 Å². The Labute approximate surface area is 168 Å². The average molecular weight is 401 g/mol. The van der Waals surface area contributed by atoms with Gasteiger partial charge in [0.2, 0.25) is 0 Å². The fraction of sp³-hybridized carbons (Fsp3) is 0.348. The fourth-order valence-electron chi connectivity index (χ4n) is 3.57. The number of aryl methyl sites for hydroxylation is 1. The normalized spacial score (nSPS) is 17.7. The van der Waals surface area contributed by atoms with Gasteiger partial charge in [-0.25, -0.2) is 0 Å². The zero-order valence-corrected chi connectivity index (χ0v) is 16.3. The van der Waals surface area contributed by atoms with Gasteiger partial charge in [0.15, 0.2) is 0 Å². The van der Waals surface area contributed by atoms with Crippen molar-refractivity contribution < 1.29 is 22.6 Å². The molecule has 29 heavy (non-hydrogen) atoms. The molecule has 6 heteroatoms. The van der Waals surface area contributed by atoms with Gasteiger partial charge >= 0.3 is 6.36 Å². The smallest absolute Gasteiger partial charge is 0.485 e. The Hall–Kier alpha value is -2.94. The van der Waals surface area contributed by atoms with Crippen LogP contribution >= 0.6 is 0 Å². The van der Waals surface area contributed by atoms with Crippen molar-refractivity contribution in [3.05, 3.63) is 64.7 Å². The Balaban J connectivity index is 1.97. The molecule has 152 valence electrons. The third-order valence-corrected chi connectivity index (χ3v) is 5.07. The molecule has 3 nitrogen and oxygen atoms in total. The van der Waals surface area contributed by atoms with Crippen LogP contribution in [0, 0.1) is 11.3 Å². The van der Waals surface area contributed by atoms with Gasteiger partial charge in [-0.1, -0.05) is 37.6 Å². The third-order valence-electron chi connectivity index (χ3n) is 5.07. The molecule has 2 aromatic rings. The number of halogens is 3. The van der Waals surface area contributed by atoms with Crippen molar-refractivity contribution in [2.45, 2.75) is 52.0 Å². The van der Waals surface area contributed by atoms with Crippen LogP contribution in [0.3, 0.4) is 0 Å². The standard InChI is InChI=1S/C23H22F3NO2/c1-3-15-5-10-21-20(13-15)19(16(4-2)11-12-27)14-22(28-21)17-6-8-18(9-7-17)29-23(24,25)26/h5-10,13,22H,3-4,11,14H2,1-2H3/b19-16+. The highest BCUT2D eigenvalue weighted by molar-refractivity contribution is 5.76. The summed E-state index contributed by atoms with van der Waals surface area (Å²) >= 11 is 0. The maximum atomic E-state index is 12.4. The van der Waals surface area contributed by atoms with Crippen LogP contribution in [0.25, 0.3) is 5.57 Å². The fourth-order valence-corrected chi connectivity index (χ4v) is 3.57. The van der Waals surface area contributed by atoms with Crippen LogP contribution in [0.15, 0.2) is 48.0 Å². The average Bonchev–Trinajstić information content (AvgIpc) is 2.70. The van der Waals surface area contributed by atoms with Crippen molar-refractivity contribution >= 4 is 5.57 Å². The van der Waals surface area contributed by atoms with Crippen molar-refractivity contribution in [3.8, 4) is 17.6 Å². The number of nitrogens with zero attached hydrogens (tertiary/aromatic N) is 1. The summed E-state index contributed by atoms with van der Waals surface area (Å²) in [6, 6.07) is 14.0. The maximum Gasteiger partial charge on any atom is 0.573 e. The number of benzene rings is 2. The summed E-state index contributed by atoms with van der Waals surface area (Å²) in [6.45, 7) is 4.11. The molecule has 1 aliphatic heterocycles. The molecule has 0 aromatic heterocycles. The highest BCUT2D eigenvalue weighted by Crippen LogP contribution is 2.44. The molecular formula is C23H22F3NO2. The highest BCUT2D eigenvalue weighted by Gasteiger charge is 2.31. The molecule has 1 atom stereocenters. The van der Waals surface area contributed by atoms with Crippen LogP contribution in [-0.4, -0.2) is 6.36 Å². The molecular weight excluding hydrogens is 379 g/mol. The molecule has 0 saturated heterocycles. The number of ether oxygens (including phenoxy) is 2. The summed E-state index contributed by atoms with van der Waals surface area (Å²) in [4.78, 5) is 0. The largest absolute Gasteiger partial charge is 0.573 e. The summed E-state index contributed by atoms with van der Waals surface area (Å²) < 4.78 is 47.3. The van der Waals surface area contributed by atoms with Crippen molar-refractivity contribution in [2.24, 2.45) is 0 Å². The molecule has 2 aromatic carbocycles. The lowest BCUT2D eigenvalue weighted by Gasteiger charge is -2.30. The van der Waals surface area contributed by atoms with E-state index in [2.05, 4.69) is 23.8 Å². The summed E-state index contributed by atoms with van der Waals surface area (Å²) in [5.74, 6) is 0.465. The van der Waals surface area contributed by atoms with Crippen LogP contribution in [0.2, 0.25) is 0 Å². The number of rotatable bonds is 5. The van der Waals surface area contributed by atoms with Gasteiger partial charge in [0.05, 0.1) is 12.5 Å². The van der Waals surface area contributed by atoms with Gasteiger partial charge in [-0.05, 0) is 53.8 Å². The molecule has 0 N–H and O–H groups in total. The van der Waals surface area contributed by atoms with Gasteiger partial charge in [-0.3, -0.25) is 0 Å². The lowest BCUT2D eigenvalue weighted by atomic mass is 9.86. The molecule has 1 unspecified atom stereocenters. The van der Waals surface area contributed by atoms with E-state index < -0.39 is 6.36 Å². The van der Waals surface area contributed by atoms with E-state index in [4.69, 9.17) is 4.74 Å². The predicted molar refractivity (Wildman–Crippen MR) is 104 cm³/mol. The van der Waals surface area contributed by atoms with E-state index in [1.54, 1.807) is 12.1 Å². The van der Waals surface area contributed by atoms with Crippen LogP contribution in [0.4, 0.5) is 13.2 Å². The van der Waals surface area contributed by atoms with Crippen LogP contribution < -0.4 is 9.47 Å². The van der Waals surface area contributed by atoms with Crippen LogP contribution in [-0.2, 0) is 6.42 Å². The van der Waals surface area contributed by atoms with E-state index >= 15 is 0 Å². The van der Waals surface area contributed by atoms with Gasteiger partial charge in [0.1, 0.15) is 17.6 Å².